The van der Waals surface area contributed by atoms with Crippen LogP contribution < -0.4 is 11.1 Å². The average Bonchev–Trinajstić information content (AvgIpc) is 3.02. The first-order valence-electron chi connectivity index (χ1n) is 5.41. The van der Waals surface area contributed by atoms with Gasteiger partial charge in [0.1, 0.15) is 0 Å². The summed E-state index contributed by atoms with van der Waals surface area (Å²) in [4.78, 5) is 0. The van der Waals surface area contributed by atoms with Crippen LogP contribution in [0.4, 0.5) is 5.69 Å². The average molecular weight is 190 g/mol. The Hall–Kier alpha value is -1.02. The molecule has 2 rings (SSSR count). The summed E-state index contributed by atoms with van der Waals surface area (Å²) >= 11 is 0. The van der Waals surface area contributed by atoms with Crippen LogP contribution in [0.1, 0.15) is 19.3 Å². The van der Waals surface area contributed by atoms with Crippen LogP contribution in [0.15, 0.2) is 30.3 Å². The van der Waals surface area contributed by atoms with E-state index >= 15 is 0 Å². The van der Waals surface area contributed by atoms with Crippen LogP contribution in [0.25, 0.3) is 0 Å². The Kier molecular flexibility index (Phi) is 3.04. The van der Waals surface area contributed by atoms with Gasteiger partial charge in [0.05, 0.1) is 0 Å². The van der Waals surface area contributed by atoms with Gasteiger partial charge in [0.2, 0.25) is 0 Å². The fourth-order valence-electron chi connectivity index (χ4n) is 1.70. The first-order valence-corrected chi connectivity index (χ1v) is 5.41. The summed E-state index contributed by atoms with van der Waals surface area (Å²) in [7, 11) is 0. The third-order valence-electron chi connectivity index (χ3n) is 2.81. The van der Waals surface area contributed by atoms with Crippen molar-refractivity contribution in [3.05, 3.63) is 30.3 Å². The van der Waals surface area contributed by atoms with E-state index in [9.17, 15) is 0 Å². The van der Waals surface area contributed by atoms with Gasteiger partial charge in [-0.05, 0) is 37.3 Å². The molecule has 1 fully saturated rings. The molecule has 76 valence electrons. The number of nitrogens with two attached hydrogens (primary N) is 1. The van der Waals surface area contributed by atoms with Gasteiger partial charge in [0, 0.05) is 18.3 Å². The molecule has 0 amide bonds. The van der Waals surface area contributed by atoms with Gasteiger partial charge in [-0.2, -0.15) is 0 Å². The number of benzene rings is 1. The van der Waals surface area contributed by atoms with Crippen molar-refractivity contribution in [2.24, 2.45) is 11.7 Å². The van der Waals surface area contributed by atoms with Crippen molar-refractivity contribution < 1.29 is 0 Å². The Balaban J connectivity index is 1.67. The smallest absolute Gasteiger partial charge is 0.0340 e. The van der Waals surface area contributed by atoms with Crippen LogP contribution in [0.3, 0.4) is 0 Å². The van der Waals surface area contributed by atoms with Crippen LogP contribution in [0, 0.1) is 5.92 Å². The highest BCUT2D eigenvalue weighted by Crippen LogP contribution is 2.32. The molecule has 1 aromatic rings. The largest absolute Gasteiger partial charge is 0.385 e. The first kappa shape index (κ1) is 9.53. The summed E-state index contributed by atoms with van der Waals surface area (Å²) in [5.41, 5.74) is 7.19. The standard InChI is InChI=1S/C12H18N2/c13-12(10-6-7-10)8-9-14-11-4-2-1-3-5-11/h1-5,10,12,14H,6-9,13H2. The van der Waals surface area contributed by atoms with E-state index in [0.29, 0.717) is 6.04 Å². The van der Waals surface area contributed by atoms with Crippen LogP contribution in [0.5, 0.6) is 0 Å². The van der Waals surface area contributed by atoms with Gasteiger partial charge in [-0.1, -0.05) is 18.2 Å². The summed E-state index contributed by atoms with van der Waals surface area (Å²) in [6.07, 6.45) is 3.76. The lowest BCUT2D eigenvalue weighted by Crippen LogP contribution is -2.25. The van der Waals surface area contributed by atoms with E-state index in [1.807, 2.05) is 18.2 Å². The van der Waals surface area contributed by atoms with Crippen molar-refractivity contribution in [1.29, 1.82) is 0 Å². The lowest BCUT2D eigenvalue weighted by molar-refractivity contribution is 0.565. The summed E-state index contributed by atoms with van der Waals surface area (Å²) in [5.74, 6) is 0.813. The zero-order chi connectivity index (χ0) is 9.80. The molecule has 2 heteroatoms. The van der Waals surface area contributed by atoms with E-state index in [-0.39, 0.29) is 0 Å². The highest BCUT2D eigenvalue weighted by Gasteiger charge is 2.27. The highest BCUT2D eigenvalue weighted by atomic mass is 14.9. The zero-order valence-electron chi connectivity index (χ0n) is 8.45. The molecule has 1 unspecified atom stereocenters. The molecule has 0 aromatic heterocycles. The third-order valence-corrected chi connectivity index (χ3v) is 2.81. The minimum Gasteiger partial charge on any atom is -0.385 e. The van der Waals surface area contributed by atoms with Crippen molar-refractivity contribution in [1.82, 2.24) is 0 Å². The molecule has 0 heterocycles. The fourth-order valence-corrected chi connectivity index (χ4v) is 1.70. The van der Waals surface area contributed by atoms with Gasteiger partial charge in [-0.25, -0.2) is 0 Å². The first-order chi connectivity index (χ1) is 6.86. The molecule has 1 saturated carbocycles. The molecular formula is C12H18N2. The minimum atomic E-state index is 0.409. The van der Waals surface area contributed by atoms with Crippen molar-refractivity contribution in [2.75, 3.05) is 11.9 Å². The number of nitrogens with one attached hydrogen (secondary N) is 1. The van der Waals surface area contributed by atoms with Crippen LogP contribution in [-0.2, 0) is 0 Å². The van der Waals surface area contributed by atoms with Gasteiger partial charge < -0.3 is 11.1 Å². The molecule has 1 aliphatic rings. The Morgan fingerprint density at radius 2 is 2.00 bits per heavy atom. The number of anilines is 1. The number of para-hydroxylation sites is 1. The van der Waals surface area contributed by atoms with E-state index in [4.69, 9.17) is 5.73 Å². The van der Waals surface area contributed by atoms with E-state index in [1.54, 1.807) is 0 Å². The van der Waals surface area contributed by atoms with Gasteiger partial charge in [-0.15, -0.1) is 0 Å². The van der Waals surface area contributed by atoms with Crippen LogP contribution >= 0.6 is 0 Å². The Bertz CT molecular complexity index is 267. The topological polar surface area (TPSA) is 38.0 Å². The van der Waals surface area contributed by atoms with E-state index < -0.39 is 0 Å². The summed E-state index contributed by atoms with van der Waals surface area (Å²) in [6, 6.07) is 10.7. The van der Waals surface area contributed by atoms with Gasteiger partial charge in [0.25, 0.3) is 0 Å². The molecule has 1 aliphatic carbocycles. The van der Waals surface area contributed by atoms with Crippen molar-refractivity contribution >= 4 is 5.69 Å². The summed E-state index contributed by atoms with van der Waals surface area (Å²) < 4.78 is 0. The lowest BCUT2D eigenvalue weighted by atomic mass is 10.1. The molecule has 0 saturated heterocycles. The van der Waals surface area contributed by atoms with Crippen molar-refractivity contribution in [2.45, 2.75) is 25.3 Å². The second-order valence-corrected chi connectivity index (χ2v) is 4.08. The maximum absolute atomic E-state index is 6.00. The number of rotatable bonds is 5. The molecule has 1 atom stereocenters. The number of hydrogen-bond acceptors (Lipinski definition) is 2. The quantitative estimate of drug-likeness (QED) is 0.747. The lowest BCUT2D eigenvalue weighted by Gasteiger charge is -2.11. The Morgan fingerprint density at radius 3 is 2.64 bits per heavy atom. The van der Waals surface area contributed by atoms with E-state index in [1.165, 1.54) is 18.5 Å². The predicted molar refractivity (Wildman–Crippen MR) is 60.2 cm³/mol. The second kappa shape index (κ2) is 4.47. The van der Waals surface area contributed by atoms with Gasteiger partial charge in [-0.3, -0.25) is 0 Å². The number of hydrogen-bond donors (Lipinski definition) is 2. The fraction of sp³-hybridized carbons (Fsp3) is 0.500. The van der Waals surface area contributed by atoms with Gasteiger partial charge >= 0.3 is 0 Å². The van der Waals surface area contributed by atoms with Crippen LogP contribution in [0.2, 0.25) is 0 Å². The molecule has 14 heavy (non-hydrogen) atoms. The maximum atomic E-state index is 6.00. The third kappa shape index (κ3) is 2.74. The molecule has 1 aromatic carbocycles. The van der Waals surface area contributed by atoms with Gasteiger partial charge in [0.15, 0.2) is 0 Å². The van der Waals surface area contributed by atoms with E-state index in [0.717, 1.165) is 18.9 Å². The van der Waals surface area contributed by atoms with E-state index in [2.05, 4.69) is 17.4 Å². The normalized spacial score (nSPS) is 17.8. The van der Waals surface area contributed by atoms with Crippen molar-refractivity contribution in [3.8, 4) is 0 Å². The maximum Gasteiger partial charge on any atom is 0.0340 e. The second-order valence-electron chi connectivity index (χ2n) is 4.08. The molecule has 0 radical (unpaired) electrons. The SMILES string of the molecule is NC(CCNc1ccccc1)C1CC1. The molecule has 0 aliphatic heterocycles. The molecule has 0 spiro atoms. The predicted octanol–water partition coefficient (Wildman–Crippen LogP) is 2.23. The highest BCUT2D eigenvalue weighted by molar-refractivity contribution is 5.42. The Morgan fingerprint density at radius 1 is 1.29 bits per heavy atom. The Labute approximate surface area is 85.5 Å². The molecule has 0 bridgehead atoms. The van der Waals surface area contributed by atoms with Crippen LogP contribution in [-0.4, -0.2) is 12.6 Å². The molecular weight excluding hydrogens is 172 g/mol. The summed E-state index contributed by atoms with van der Waals surface area (Å²) in [5, 5.41) is 3.38. The molecule has 3 N–H and O–H groups in total. The minimum absolute atomic E-state index is 0.409. The molecule has 2 nitrogen and oxygen atoms in total. The summed E-state index contributed by atoms with van der Waals surface area (Å²) in [6.45, 7) is 0.988. The zero-order valence-corrected chi connectivity index (χ0v) is 8.45. The van der Waals surface area contributed by atoms with Crippen molar-refractivity contribution in [3.63, 3.8) is 0 Å². The monoisotopic (exact) mass is 190 g/mol.